The second kappa shape index (κ2) is 3.84. The minimum Gasteiger partial charge on any atom is -0.465 e. The molecule has 1 aliphatic rings. The van der Waals surface area contributed by atoms with Crippen LogP contribution >= 0.6 is 15.9 Å². The Labute approximate surface area is 86.1 Å². The van der Waals surface area contributed by atoms with Crippen LogP contribution in [0.4, 0.5) is 0 Å². The molecule has 1 N–H and O–H groups in total. The second-order valence-electron chi connectivity index (χ2n) is 3.67. The molecule has 0 aromatic carbocycles. The number of aliphatic hydroxyl groups is 1. The molecule has 1 aromatic rings. The van der Waals surface area contributed by atoms with E-state index < -0.39 is 6.10 Å². The van der Waals surface area contributed by atoms with Gasteiger partial charge in [-0.1, -0.05) is 12.8 Å². The highest BCUT2D eigenvalue weighted by atomic mass is 79.9. The van der Waals surface area contributed by atoms with E-state index in [0.29, 0.717) is 5.76 Å². The molecule has 0 amide bonds. The molecule has 13 heavy (non-hydrogen) atoms. The lowest BCUT2D eigenvalue weighted by molar-refractivity contribution is 0.135. The first-order chi connectivity index (χ1) is 6.27. The maximum absolute atomic E-state index is 9.74. The van der Waals surface area contributed by atoms with E-state index >= 15 is 0 Å². The van der Waals surface area contributed by atoms with Crippen LogP contribution in [0.1, 0.15) is 37.5 Å². The van der Waals surface area contributed by atoms with Gasteiger partial charge in [-0.25, -0.2) is 0 Å². The molecule has 0 saturated heterocycles. The van der Waals surface area contributed by atoms with Crippen molar-refractivity contribution in [1.82, 2.24) is 0 Å². The molecule has 1 atom stereocenters. The summed E-state index contributed by atoms with van der Waals surface area (Å²) in [6.45, 7) is 0. The minimum atomic E-state index is -0.440. The van der Waals surface area contributed by atoms with Gasteiger partial charge in [0.2, 0.25) is 0 Å². The summed E-state index contributed by atoms with van der Waals surface area (Å²) in [6, 6.07) is 1.82. The first-order valence-electron chi connectivity index (χ1n) is 4.68. The van der Waals surface area contributed by atoms with Gasteiger partial charge >= 0.3 is 0 Å². The minimum absolute atomic E-state index is 0.440. The Hall–Kier alpha value is -0.280. The molecule has 1 aliphatic carbocycles. The summed E-state index contributed by atoms with van der Waals surface area (Å²) in [5, 5.41) is 9.74. The van der Waals surface area contributed by atoms with Crippen LogP contribution in [-0.4, -0.2) is 5.11 Å². The van der Waals surface area contributed by atoms with Gasteiger partial charge in [-0.2, -0.15) is 0 Å². The highest BCUT2D eigenvalue weighted by Crippen LogP contribution is 2.37. The van der Waals surface area contributed by atoms with Crippen molar-refractivity contribution in [2.45, 2.75) is 31.8 Å². The smallest absolute Gasteiger partial charge is 0.146 e. The van der Waals surface area contributed by atoms with E-state index in [1.165, 1.54) is 12.8 Å². The third-order valence-corrected chi connectivity index (χ3v) is 3.15. The number of hydrogen-bond donors (Lipinski definition) is 1. The Balaban J connectivity index is 1.88. The van der Waals surface area contributed by atoms with Gasteiger partial charge in [0.15, 0.2) is 0 Å². The Morgan fingerprint density at radius 3 is 2.92 bits per heavy atom. The lowest BCUT2D eigenvalue weighted by atomic mass is 10.1. The quantitative estimate of drug-likeness (QED) is 0.883. The molecule has 1 aromatic heterocycles. The molecule has 0 aliphatic heterocycles. The summed E-state index contributed by atoms with van der Waals surface area (Å²) in [5.74, 6) is 1.53. The zero-order valence-corrected chi connectivity index (χ0v) is 8.96. The summed E-state index contributed by atoms with van der Waals surface area (Å²) >= 11 is 3.34. The highest BCUT2D eigenvalue weighted by molar-refractivity contribution is 9.10. The van der Waals surface area contributed by atoms with E-state index in [9.17, 15) is 5.11 Å². The number of rotatable bonds is 4. The van der Waals surface area contributed by atoms with Gasteiger partial charge in [0.1, 0.15) is 11.9 Å². The summed E-state index contributed by atoms with van der Waals surface area (Å²) in [4.78, 5) is 0. The van der Waals surface area contributed by atoms with Crippen LogP contribution in [0.5, 0.6) is 0 Å². The first-order valence-corrected chi connectivity index (χ1v) is 5.47. The molecule has 1 heterocycles. The van der Waals surface area contributed by atoms with Gasteiger partial charge < -0.3 is 9.52 Å². The molecule has 1 fully saturated rings. The fourth-order valence-electron chi connectivity index (χ4n) is 1.47. The van der Waals surface area contributed by atoms with Crippen LogP contribution in [0.25, 0.3) is 0 Å². The van der Waals surface area contributed by atoms with E-state index in [-0.39, 0.29) is 0 Å². The van der Waals surface area contributed by atoms with E-state index in [4.69, 9.17) is 4.42 Å². The van der Waals surface area contributed by atoms with Crippen molar-refractivity contribution in [3.8, 4) is 0 Å². The number of furan rings is 1. The summed E-state index contributed by atoms with van der Waals surface area (Å²) in [6.07, 6.45) is 5.77. The number of halogens is 1. The van der Waals surface area contributed by atoms with Crippen LogP contribution < -0.4 is 0 Å². The maximum Gasteiger partial charge on any atom is 0.146 e. The van der Waals surface area contributed by atoms with Crippen LogP contribution in [0.15, 0.2) is 21.2 Å². The molecule has 0 radical (unpaired) electrons. The van der Waals surface area contributed by atoms with Crippen LogP contribution in [0.3, 0.4) is 0 Å². The highest BCUT2D eigenvalue weighted by Gasteiger charge is 2.23. The van der Waals surface area contributed by atoms with Crippen molar-refractivity contribution in [3.05, 3.63) is 22.6 Å². The molecular weight excluding hydrogens is 232 g/mol. The molecule has 2 rings (SSSR count). The lowest BCUT2D eigenvalue weighted by Gasteiger charge is -2.07. The molecule has 2 nitrogen and oxygen atoms in total. The van der Waals surface area contributed by atoms with E-state index in [1.807, 2.05) is 6.07 Å². The first kappa shape index (κ1) is 9.28. The fraction of sp³-hybridized carbons (Fsp3) is 0.600. The normalized spacial score (nSPS) is 18.9. The van der Waals surface area contributed by atoms with Crippen molar-refractivity contribution < 1.29 is 9.52 Å². The standard InChI is InChI=1S/C10H13BrO2/c11-8-5-6-13-10(8)9(12)4-3-7-1-2-7/h5-7,9,12H,1-4H2. The average molecular weight is 245 g/mol. The molecule has 1 unspecified atom stereocenters. The molecule has 1 saturated carbocycles. The largest absolute Gasteiger partial charge is 0.465 e. The lowest BCUT2D eigenvalue weighted by Crippen LogP contribution is -1.96. The Kier molecular flexibility index (Phi) is 2.74. The number of hydrogen-bond acceptors (Lipinski definition) is 2. The fourth-order valence-corrected chi connectivity index (χ4v) is 1.94. The Morgan fingerprint density at radius 2 is 2.38 bits per heavy atom. The van der Waals surface area contributed by atoms with Crippen LogP contribution in [-0.2, 0) is 0 Å². The zero-order chi connectivity index (χ0) is 9.26. The Morgan fingerprint density at radius 1 is 1.62 bits per heavy atom. The second-order valence-corrected chi connectivity index (χ2v) is 4.52. The summed E-state index contributed by atoms with van der Waals surface area (Å²) in [7, 11) is 0. The van der Waals surface area contributed by atoms with Gasteiger partial charge in [0.05, 0.1) is 10.7 Å². The molecule has 0 spiro atoms. The van der Waals surface area contributed by atoms with Gasteiger partial charge in [-0.15, -0.1) is 0 Å². The molecular formula is C10H13BrO2. The number of aliphatic hydroxyl groups excluding tert-OH is 1. The van der Waals surface area contributed by atoms with Gasteiger partial charge in [-0.3, -0.25) is 0 Å². The molecule has 72 valence electrons. The monoisotopic (exact) mass is 244 g/mol. The zero-order valence-electron chi connectivity index (χ0n) is 7.37. The van der Waals surface area contributed by atoms with Gasteiger partial charge in [-0.05, 0) is 40.8 Å². The van der Waals surface area contributed by atoms with Crippen molar-refractivity contribution in [2.75, 3.05) is 0 Å². The Bertz CT molecular complexity index is 278. The third kappa shape index (κ3) is 2.35. The van der Waals surface area contributed by atoms with Crippen molar-refractivity contribution in [1.29, 1.82) is 0 Å². The van der Waals surface area contributed by atoms with Crippen LogP contribution in [0, 0.1) is 5.92 Å². The third-order valence-electron chi connectivity index (χ3n) is 2.49. The van der Waals surface area contributed by atoms with Gasteiger partial charge in [0.25, 0.3) is 0 Å². The predicted molar refractivity (Wildman–Crippen MR) is 53.3 cm³/mol. The average Bonchev–Trinajstić information content (AvgIpc) is 2.84. The maximum atomic E-state index is 9.74. The van der Waals surface area contributed by atoms with Crippen molar-refractivity contribution in [3.63, 3.8) is 0 Å². The predicted octanol–water partition coefficient (Wildman–Crippen LogP) is 3.27. The van der Waals surface area contributed by atoms with Crippen molar-refractivity contribution >= 4 is 15.9 Å². The SMILES string of the molecule is OC(CCC1CC1)c1occc1Br. The van der Waals surface area contributed by atoms with E-state index in [2.05, 4.69) is 15.9 Å². The topological polar surface area (TPSA) is 33.4 Å². The molecule has 0 bridgehead atoms. The van der Waals surface area contributed by atoms with E-state index in [0.717, 1.165) is 23.2 Å². The van der Waals surface area contributed by atoms with Crippen molar-refractivity contribution in [2.24, 2.45) is 5.92 Å². The van der Waals surface area contributed by atoms with Gasteiger partial charge in [0, 0.05) is 0 Å². The van der Waals surface area contributed by atoms with Crippen LogP contribution in [0.2, 0.25) is 0 Å². The summed E-state index contributed by atoms with van der Waals surface area (Å²) in [5.41, 5.74) is 0. The summed E-state index contributed by atoms with van der Waals surface area (Å²) < 4.78 is 6.05. The van der Waals surface area contributed by atoms with E-state index in [1.54, 1.807) is 6.26 Å². The molecule has 3 heteroatoms.